The molecule has 8 heteroatoms. The van der Waals surface area contributed by atoms with Crippen LogP contribution in [0.3, 0.4) is 0 Å². The number of rotatable bonds is 10. The molecule has 1 aromatic carbocycles. The number of aliphatic hydroxyl groups is 1. The van der Waals surface area contributed by atoms with E-state index in [1.807, 2.05) is 28.9 Å². The second-order valence-corrected chi connectivity index (χ2v) is 8.31. The lowest BCUT2D eigenvalue weighted by Gasteiger charge is -2.22. The minimum absolute atomic E-state index is 0.190. The van der Waals surface area contributed by atoms with Crippen molar-refractivity contribution in [2.24, 2.45) is 0 Å². The summed E-state index contributed by atoms with van der Waals surface area (Å²) in [6.45, 7) is 1.81. The molecule has 0 spiro atoms. The standard InChI is InChI=1S/C20H28N4O3S/c1-15(25)7-8-16-9-11-19(12-10-16)27-13-18(26)14-28-20-21-22-23-24(20)17-5-3-2-4-6-17/h9-12,17-18,26H,2-8,13-14H2,1H3/t18-/m1/s1. The molecule has 2 aromatic rings. The van der Waals surface area contributed by atoms with Gasteiger partial charge < -0.3 is 14.6 Å². The van der Waals surface area contributed by atoms with Crippen molar-refractivity contribution in [1.29, 1.82) is 0 Å². The second-order valence-electron chi connectivity index (χ2n) is 7.32. The summed E-state index contributed by atoms with van der Waals surface area (Å²) in [5.41, 5.74) is 1.10. The van der Waals surface area contributed by atoms with Gasteiger partial charge in [0.15, 0.2) is 0 Å². The van der Waals surface area contributed by atoms with Crippen LogP contribution in [0.15, 0.2) is 29.4 Å². The molecule has 152 valence electrons. The van der Waals surface area contributed by atoms with Crippen molar-refractivity contribution in [1.82, 2.24) is 20.2 Å². The summed E-state index contributed by atoms with van der Waals surface area (Å²) < 4.78 is 7.59. The lowest BCUT2D eigenvalue weighted by Crippen LogP contribution is -2.21. The molecule has 0 unspecified atom stereocenters. The zero-order valence-corrected chi connectivity index (χ0v) is 17.1. The highest BCUT2D eigenvalue weighted by atomic mass is 32.2. The first-order chi connectivity index (χ1) is 13.6. The number of Topliss-reactive ketones (excluding diaryl/α,β-unsaturated/α-hetero) is 1. The number of carbonyl (C=O) groups is 1. The average Bonchev–Trinajstić information content (AvgIpc) is 3.19. The molecule has 0 saturated heterocycles. The van der Waals surface area contributed by atoms with Gasteiger partial charge in [0.1, 0.15) is 18.1 Å². The van der Waals surface area contributed by atoms with Crippen molar-refractivity contribution < 1.29 is 14.6 Å². The molecular weight excluding hydrogens is 376 g/mol. The number of carbonyl (C=O) groups excluding carboxylic acids is 1. The van der Waals surface area contributed by atoms with E-state index in [-0.39, 0.29) is 12.4 Å². The maximum Gasteiger partial charge on any atom is 0.209 e. The first-order valence-corrected chi connectivity index (χ1v) is 10.9. The van der Waals surface area contributed by atoms with E-state index in [1.54, 1.807) is 6.92 Å². The Labute approximate surface area is 169 Å². The van der Waals surface area contributed by atoms with E-state index in [0.717, 1.165) is 30.0 Å². The summed E-state index contributed by atoms with van der Waals surface area (Å²) in [6.07, 6.45) is 6.64. The van der Waals surface area contributed by atoms with Crippen LogP contribution in [0.2, 0.25) is 0 Å². The van der Waals surface area contributed by atoms with Gasteiger partial charge in [0.2, 0.25) is 5.16 Å². The first kappa shape index (κ1) is 20.8. The fourth-order valence-electron chi connectivity index (χ4n) is 3.32. The van der Waals surface area contributed by atoms with Crippen molar-refractivity contribution in [2.45, 2.75) is 69.2 Å². The van der Waals surface area contributed by atoms with Crippen molar-refractivity contribution in [2.75, 3.05) is 12.4 Å². The molecular formula is C20H28N4O3S. The average molecular weight is 405 g/mol. The molecule has 7 nitrogen and oxygen atoms in total. The number of ether oxygens (including phenoxy) is 1. The van der Waals surface area contributed by atoms with E-state index in [1.165, 1.54) is 31.0 Å². The molecule has 0 radical (unpaired) electrons. The van der Waals surface area contributed by atoms with Crippen LogP contribution in [-0.4, -0.2) is 49.6 Å². The number of thioether (sulfide) groups is 1. The summed E-state index contributed by atoms with van der Waals surface area (Å²) in [4.78, 5) is 11.1. The predicted molar refractivity (Wildman–Crippen MR) is 108 cm³/mol. The Bertz CT molecular complexity index is 744. The van der Waals surface area contributed by atoms with E-state index in [9.17, 15) is 9.90 Å². The number of benzene rings is 1. The highest BCUT2D eigenvalue weighted by molar-refractivity contribution is 7.99. The number of nitrogens with zero attached hydrogens (tertiary/aromatic N) is 4. The van der Waals surface area contributed by atoms with E-state index in [0.29, 0.717) is 24.0 Å². The van der Waals surface area contributed by atoms with E-state index < -0.39 is 6.10 Å². The van der Waals surface area contributed by atoms with Crippen LogP contribution in [0.25, 0.3) is 0 Å². The van der Waals surface area contributed by atoms with Crippen LogP contribution < -0.4 is 4.74 Å². The normalized spacial score (nSPS) is 16.1. The summed E-state index contributed by atoms with van der Waals surface area (Å²) in [6, 6.07) is 8.04. The smallest absolute Gasteiger partial charge is 0.209 e. The van der Waals surface area contributed by atoms with Crippen molar-refractivity contribution in [3.05, 3.63) is 29.8 Å². The number of ketones is 1. The Kier molecular flexibility index (Phi) is 7.85. The van der Waals surface area contributed by atoms with Crippen molar-refractivity contribution in [3.63, 3.8) is 0 Å². The van der Waals surface area contributed by atoms with E-state index in [4.69, 9.17) is 4.74 Å². The molecule has 1 atom stereocenters. The molecule has 1 fully saturated rings. The third-order valence-corrected chi connectivity index (χ3v) is 6.00. The quantitative estimate of drug-likeness (QED) is 0.608. The molecule has 0 amide bonds. The number of aryl methyl sites for hydroxylation is 1. The lowest BCUT2D eigenvalue weighted by atomic mass is 9.96. The van der Waals surface area contributed by atoms with Crippen molar-refractivity contribution in [3.8, 4) is 5.75 Å². The molecule has 1 N–H and O–H groups in total. The number of aliphatic hydroxyl groups excluding tert-OH is 1. The van der Waals surface area contributed by atoms with Crippen LogP contribution in [-0.2, 0) is 11.2 Å². The van der Waals surface area contributed by atoms with Crippen LogP contribution in [0.5, 0.6) is 5.75 Å². The molecule has 1 aromatic heterocycles. The number of hydrogen-bond donors (Lipinski definition) is 1. The molecule has 1 saturated carbocycles. The number of hydrogen-bond acceptors (Lipinski definition) is 7. The molecule has 0 bridgehead atoms. The van der Waals surface area contributed by atoms with Gasteiger partial charge in [0.05, 0.1) is 12.1 Å². The number of tetrazole rings is 1. The third kappa shape index (κ3) is 6.31. The minimum Gasteiger partial charge on any atom is -0.491 e. The molecule has 1 heterocycles. The molecule has 1 aliphatic rings. The summed E-state index contributed by atoms with van der Waals surface area (Å²) in [7, 11) is 0. The van der Waals surface area contributed by atoms with Gasteiger partial charge in [0, 0.05) is 12.2 Å². The van der Waals surface area contributed by atoms with Crippen LogP contribution in [0.1, 0.15) is 57.1 Å². The Hall–Kier alpha value is -1.93. The van der Waals surface area contributed by atoms with Gasteiger partial charge in [-0.05, 0) is 54.3 Å². The third-order valence-electron chi connectivity index (χ3n) is 4.92. The van der Waals surface area contributed by atoms with Crippen LogP contribution >= 0.6 is 11.8 Å². The summed E-state index contributed by atoms with van der Waals surface area (Å²) in [5.74, 6) is 1.38. The zero-order chi connectivity index (χ0) is 19.8. The van der Waals surface area contributed by atoms with Gasteiger partial charge in [-0.1, -0.05) is 43.2 Å². The fraction of sp³-hybridized carbons (Fsp3) is 0.600. The molecule has 1 aliphatic carbocycles. The van der Waals surface area contributed by atoms with E-state index in [2.05, 4.69) is 15.5 Å². The van der Waals surface area contributed by atoms with Gasteiger partial charge >= 0.3 is 0 Å². The van der Waals surface area contributed by atoms with Gasteiger partial charge in [-0.2, -0.15) is 0 Å². The molecule has 28 heavy (non-hydrogen) atoms. The highest BCUT2D eigenvalue weighted by Crippen LogP contribution is 2.30. The Morgan fingerprint density at radius 2 is 2.04 bits per heavy atom. The molecule has 0 aliphatic heterocycles. The Balaban J connectivity index is 1.42. The largest absolute Gasteiger partial charge is 0.491 e. The first-order valence-electron chi connectivity index (χ1n) is 9.91. The van der Waals surface area contributed by atoms with Gasteiger partial charge in [-0.15, -0.1) is 5.10 Å². The predicted octanol–water partition coefficient (Wildman–Crippen LogP) is 3.23. The zero-order valence-electron chi connectivity index (χ0n) is 16.3. The van der Waals surface area contributed by atoms with Gasteiger partial charge in [0.25, 0.3) is 0 Å². The highest BCUT2D eigenvalue weighted by Gasteiger charge is 2.21. The Morgan fingerprint density at radius 3 is 2.75 bits per heavy atom. The van der Waals surface area contributed by atoms with E-state index >= 15 is 0 Å². The minimum atomic E-state index is -0.612. The topological polar surface area (TPSA) is 90.1 Å². The van der Waals surface area contributed by atoms with Crippen molar-refractivity contribution >= 4 is 17.5 Å². The summed E-state index contributed by atoms with van der Waals surface area (Å²) >= 11 is 1.47. The molecule has 3 rings (SSSR count). The summed E-state index contributed by atoms with van der Waals surface area (Å²) in [5, 5.41) is 23.1. The maximum absolute atomic E-state index is 11.1. The van der Waals surface area contributed by atoms with Crippen LogP contribution in [0, 0.1) is 0 Å². The second kappa shape index (κ2) is 10.6. The van der Waals surface area contributed by atoms with Crippen LogP contribution in [0.4, 0.5) is 0 Å². The monoisotopic (exact) mass is 404 g/mol. The number of aromatic nitrogens is 4. The maximum atomic E-state index is 11.1. The van der Waals surface area contributed by atoms with Gasteiger partial charge in [-0.3, -0.25) is 0 Å². The fourth-order valence-corrected chi connectivity index (χ4v) is 4.17. The van der Waals surface area contributed by atoms with Gasteiger partial charge in [-0.25, -0.2) is 4.68 Å². The Morgan fingerprint density at radius 1 is 1.29 bits per heavy atom. The lowest BCUT2D eigenvalue weighted by molar-refractivity contribution is -0.116. The SMILES string of the molecule is CC(=O)CCc1ccc(OC[C@@H](O)CSc2nnnn2C2CCCCC2)cc1.